The van der Waals surface area contributed by atoms with Gasteiger partial charge in [0.15, 0.2) is 0 Å². The highest BCUT2D eigenvalue weighted by Gasteiger charge is 2.23. The number of carbonyl (C=O) groups is 2. The summed E-state index contributed by atoms with van der Waals surface area (Å²) in [7, 11) is 0. The van der Waals surface area contributed by atoms with Gasteiger partial charge in [0.2, 0.25) is 0 Å². The molecule has 0 aromatic heterocycles. The summed E-state index contributed by atoms with van der Waals surface area (Å²) in [4.78, 5) is 22.7. The van der Waals surface area contributed by atoms with Gasteiger partial charge in [-0.15, -0.1) is 0 Å². The molecule has 0 unspecified atom stereocenters. The van der Waals surface area contributed by atoms with Crippen LogP contribution in [0, 0.1) is 12.7 Å². The SMILES string of the molecule is Cc1ccc(C(=O)O)c(-c2ccccc2F)c1C(=O)O. The van der Waals surface area contributed by atoms with Crippen LogP contribution in [0.5, 0.6) is 0 Å². The lowest BCUT2D eigenvalue weighted by molar-refractivity contribution is 0.0695. The summed E-state index contributed by atoms with van der Waals surface area (Å²) in [6.07, 6.45) is 0. The van der Waals surface area contributed by atoms with Crippen LogP contribution in [-0.4, -0.2) is 22.2 Å². The largest absolute Gasteiger partial charge is 0.478 e. The average Bonchev–Trinajstić information content (AvgIpc) is 2.38. The quantitative estimate of drug-likeness (QED) is 0.901. The van der Waals surface area contributed by atoms with Crippen molar-refractivity contribution in [1.29, 1.82) is 0 Å². The van der Waals surface area contributed by atoms with Gasteiger partial charge in [-0.05, 0) is 24.6 Å². The van der Waals surface area contributed by atoms with E-state index in [-0.39, 0.29) is 22.3 Å². The van der Waals surface area contributed by atoms with Crippen molar-refractivity contribution in [3.8, 4) is 11.1 Å². The van der Waals surface area contributed by atoms with Crippen molar-refractivity contribution < 1.29 is 24.2 Å². The van der Waals surface area contributed by atoms with Gasteiger partial charge in [-0.1, -0.05) is 24.3 Å². The molecule has 2 N–H and O–H groups in total. The molecule has 0 saturated carbocycles. The van der Waals surface area contributed by atoms with Crippen LogP contribution in [0.15, 0.2) is 36.4 Å². The summed E-state index contributed by atoms with van der Waals surface area (Å²) in [6, 6.07) is 8.19. The molecule has 0 saturated heterocycles. The maximum Gasteiger partial charge on any atom is 0.336 e. The van der Waals surface area contributed by atoms with E-state index in [0.717, 1.165) is 6.07 Å². The summed E-state index contributed by atoms with van der Waals surface area (Å²) in [5, 5.41) is 18.5. The fourth-order valence-corrected chi connectivity index (χ4v) is 2.10. The Kier molecular flexibility index (Phi) is 3.52. The second-order valence-electron chi connectivity index (χ2n) is 4.27. The van der Waals surface area contributed by atoms with Gasteiger partial charge in [-0.2, -0.15) is 0 Å². The smallest absolute Gasteiger partial charge is 0.336 e. The summed E-state index contributed by atoms with van der Waals surface area (Å²) in [5.41, 5.74) is -0.206. The molecule has 2 aromatic carbocycles. The number of hydrogen-bond donors (Lipinski definition) is 2. The Hall–Kier alpha value is -2.69. The first-order valence-corrected chi connectivity index (χ1v) is 5.78. The number of carboxylic acids is 2. The molecule has 0 aliphatic rings. The van der Waals surface area contributed by atoms with Crippen LogP contribution >= 0.6 is 0 Å². The Morgan fingerprint density at radius 3 is 2.20 bits per heavy atom. The molecule has 102 valence electrons. The summed E-state index contributed by atoms with van der Waals surface area (Å²) < 4.78 is 13.9. The second kappa shape index (κ2) is 5.13. The molecular formula is C15H11FO4. The fraction of sp³-hybridized carbons (Fsp3) is 0.0667. The highest BCUT2D eigenvalue weighted by Crippen LogP contribution is 2.32. The summed E-state index contributed by atoms with van der Waals surface area (Å²) in [6.45, 7) is 1.54. The molecule has 0 fully saturated rings. The van der Waals surface area contributed by atoms with E-state index in [1.54, 1.807) is 6.92 Å². The molecule has 0 radical (unpaired) electrons. The maximum absolute atomic E-state index is 13.9. The fourth-order valence-electron chi connectivity index (χ4n) is 2.10. The van der Waals surface area contributed by atoms with Crippen molar-refractivity contribution in [3.63, 3.8) is 0 Å². The Morgan fingerprint density at radius 1 is 1.00 bits per heavy atom. The zero-order valence-electron chi connectivity index (χ0n) is 10.6. The first kappa shape index (κ1) is 13.7. The lowest BCUT2D eigenvalue weighted by Gasteiger charge is -2.13. The molecule has 0 aliphatic carbocycles. The number of benzene rings is 2. The van der Waals surface area contributed by atoms with Gasteiger partial charge in [-0.25, -0.2) is 14.0 Å². The van der Waals surface area contributed by atoms with Crippen LogP contribution in [0.4, 0.5) is 4.39 Å². The Balaban J connectivity index is 2.91. The summed E-state index contributed by atoms with van der Waals surface area (Å²) >= 11 is 0. The normalized spacial score (nSPS) is 10.3. The van der Waals surface area contributed by atoms with Gasteiger partial charge in [0.25, 0.3) is 0 Å². The van der Waals surface area contributed by atoms with Gasteiger partial charge in [0.1, 0.15) is 5.82 Å². The molecule has 2 aromatic rings. The predicted molar refractivity (Wildman–Crippen MR) is 70.5 cm³/mol. The predicted octanol–water partition coefficient (Wildman–Crippen LogP) is 3.20. The van der Waals surface area contributed by atoms with Gasteiger partial charge in [0, 0.05) is 11.1 Å². The lowest BCUT2D eigenvalue weighted by atomic mass is 9.91. The van der Waals surface area contributed by atoms with Crippen molar-refractivity contribution in [2.45, 2.75) is 6.92 Å². The minimum atomic E-state index is -1.30. The van der Waals surface area contributed by atoms with Gasteiger partial charge in [-0.3, -0.25) is 0 Å². The minimum absolute atomic E-state index is 0.0361. The molecule has 20 heavy (non-hydrogen) atoms. The second-order valence-corrected chi connectivity index (χ2v) is 4.27. The molecule has 0 amide bonds. The van der Waals surface area contributed by atoms with Gasteiger partial charge >= 0.3 is 11.9 Å². The molecule has 0 aliphatic heterocycles. The third kappa shape index (κ3) is 2.25. The number of hydrogen-bond acceptors (Lipinski definition) is 2. The molecule has 5 heteroatoms. The van der Waals surface area contributed by atoms with E-state index >= 15 is 0 Å². The monoisotopic (exact) mass is 274 g/mol. The van der Waals surface area contributed by atoms with Crippen molar-refractivity contribution in [2.24, 2.45) is 0 Å². The van der Waals surface area contributed by atoms with Crippen LogP contribution in [0.1, 0.15) is 26.3 Å². The maximum atomic E-state index is 13.9. The first-order chi connectivity index (χ1) is 9.43. The van der Waals surface area contributed by atoms with Gasteiger partial charge < -0.3 is 10.2 Å². The van der Waals surface area contributed by atoms with Gasteiger partial charge in [0.05, 0.1) is 11.1 Å². The number of halogens is 1. The van der Waals surface area contributed by atoms with E-state index in [0.29, 0.717) is 5.56 Å². The van der Waals surface area contributed by atoms with E-state index in [1.807, 2.05) is 0 Å². The van der Waals surface area contributed by atoms with Crippen molar-refractivity contribution >= 4 is 11.9 Å². The van der Waals surface area contributed by atoms with Crippen molar-refractivity contribution in [3.05, 3.63) is 58.9 Å². The topological polar surface area (TPSA) is 74.6 Å². The zero-order chi connectivity index (χ0) is 14.9. The van der Waals surface area contributed by atoms with Crippen LogP contribution in [0.25, 0.3) is 11.1 Å². The number of rotatable bonds is 3. The van der Waals surface area contributed by atoms with Crippen LogP contribution in [0.3, 0.4) is 0 Å². The van der Waals surface area contributed by atoms with E-state index < -0.39 is 17.8 Å². The third-order valence-corrected chi connectivity index (χ3v) is 3.00. The highest BCUT2D eigenvalue weighted by molar-refractivity contribution is 6.05. The standard InChI is InChI=1S/C15H11FO4/c1-8-6-7-10(14(17)18)13(12(8)15(19)20)9-4-2-3-5-11(9)16/h2-7H,1H3,(H,17,18)(H,19,20). The molecule has 2 rings (SSSR count). The molecular weight excluding hydrogens is 263 g/mol. The van der Waals surface area contributed by atoms with E-state index in [2.05, 4.69) is 0 Å². The van der Waals surface area contributed by atoms with Crippen LogP contribution in [0.2, 0.25) is 0 Å². The Morgan fingerprint density at radius 2 is 1.65 bits per heavy atom. The van der Waals surface area contributed by atoms with Crippen LogP contribution in [-0.2, 0) is 0 Å². The van der Waals surface area contributed by atoms with Crippen molar-refractivity contribution in [1.82, 2.24) is 0 Å². The molecule has 4 nitrogen and oxygen atoms in total. The zero-order valence-corrected chi connectivity index (χ0v) is 10.6. The highest BCUT2D eigenvalue weighted by atomic mass is 19.1. The van der Waals surface area contributed by atoms with E-state index in [4.69, 9.17) is 0 Å². The average molecular weight is 274 g/mol. The van der Waals surface area contributed by atoms with Crippen LogP contribution < -0.4 is 0 Å². The number of aromatic carboxylic acids is 2. The first-order valence-electron chi connectivity index (χ1n) is 5.78. The Bertz CT molecular complexity index is 707. The summed E-state index contributed by atoms with van der Waals surface area (Å²) in [5.74, 6) is -3.25. The number of carboxylic acid groups (broad SMARTS) is 2. The van der Waals surface area contributed by atoms with Crippen molar-refractivity contribution in [2.75, 3.05) is 0 Å². The molecule has 0 heterocycles. The molecule has 0 spiro atoms. The Labute approximate surface area is 114 Å². The number of aryl methyl sites for hydroxylation is 1. The minimum Gasteiger partial charge on any atom is -0.478 e. The van der Waals surface area contributed by atoms with E-state index in [9.17, 15) is 24.2 Å². The third-order valence-electron chi connectivity index (χ3n) is 3.00. The molecule has 0 bridgehead atoms. The van der Waals surface area contributed by atoms with E-state index in [1.165, 1.54) is 30.3 Å². The molecule has 0 atom stereocenters. The lowest BCUT2D eigenvalue weighted by Crippen LogP contribution is -2.09.